The zero-order chi connectivity index (χ0) is 24.5. The van der Waals surface area contributed by atoms with Crippen LogP contribution < -0.4 is 5.32 Å². The van der Waals surface area contributed by atoms with Crippen LogP contribution in [0.3, 0.4) is 0 Å². The number of rotatable bonds is 11. The zero-order valence-electron chi connectivity index (χ0n) is 20.1. The molecular formula is C26H34Cl2N2O2S. The molecular weight excluding hydrogens is 475 g/mol. The van der Waals surface area contributed by atoms with Crippen molar-refractivity contribution in [2.24, 2.45) is 5.92 Å². The van der Waals surface area contributed by atoms with Crippen molar-refractivity contribution in [2.45, 2.75) is 59.4 Å². The Labute approximate surface area is 212 Å². The predicted molar refractivity (Wildman–Crippen MR) is 141 cm³/mol. The monoisotopic (exact) mass is 508 g/mol. The Kier molecular flexibility index (Phi) is 11.1. The molecule has 0 saturated carbocycles. The minimum absolute atomic E-state index is 0.0676. The molecule has 4 nitrogen and oxygen atoms in total. The molecule has 7 heteroatoms. The summed E-state index contributed by atoms with van der Waals surface area (Å²) in [5, 5.41) is 3.88. The van der Waals surface area contributed by atoms with Crippen LogP contribution in [0.1, 0.15) is 49.4 Å². The standard InChI is InChI=1S/C26H34Cl2N2O2S/c1-6-24(26(32)29-13-17(2)3)30(14-20-7-8-22(27)23(28)12-20)25(31)16-33-15-21-10-18(4)9-19(5)11-21/h7-12,17,24H,6,13-16H2,1-5H3,(H,29,32)/t24-/m0/s1. The largest absolute Gasteiger partial charge is 0.354 e. The molecule has 0 bridgehead atoms. The van der Waals surface area contributed by atoms with E-state index in [4.69, 9.17) is 23.2 Å². The normalized spacial score (nSPS) is 12.0. The van der Waals surface area contributed by atoms with Crippen molar-refractivity contribution in [2.75, 3.05) is 12.3 Å². The van der Waals surface area contributed by atoms with Crippen molar-refractivity contribution < 1.29 is 9.59 Å². The molecule has 0 fully saturated rings. The smallest absolute Gasteiger partial charge is 0.242 e. The highest BCUT2D eigenvalue weighted by Gasteiger charge is 2.28. The van der Waals surface area contributed by atoms with Gasteiger partial charge in [0.1, 0.15) is 6.04 Å². The number of hydrogen-bond acceptors (Lipinski definition) is 3. The molecule has 1 atom stereocenters. The third-order valence-corrected chi connectivity index (χ3v) is 6.91. The van der Waals surface area contributed by atoms with E-state index < -0.39 is 6.04 Å². The second-order valence-corrected chi connectivity index (χ2v) is 10.6. The van der Waals surface area contributed by atoms with Crippen LogP contribution in [0.5, 0.6) is 0 Å². The van der Waals surface area contributed by atoms with Crippen molar-refractivity contribution >= 4 is 46.8 Å². The van der Waals surface area contributed by atoms with Gasteiger partial charge in [-0.25, -0.2) is 0 Å². The fourth-order valence-electron chi connectivity index (χ4n) is 3.67. The van der Waals surface area contributed by atoms with Gasteiger partial charge in [0, 0.05) is 18.8 Å². The highest BCUT2D eigenvalue weighted by molar-refractivity contribution is 7.99. The van der Waals surface area contributed by atoms with Crippen LogP contribution >= 0.6 is 35.0 Å². The Balaban J connectivity index is 2.17. The van der Waals surface area contributed by atoms with Gasteiger partial charge in [-0.05, 0) is 49.4 Å². The first-order valence-corrected chi connectivity index (χ1v) is 13.2. The zero-order valence-corrected chi connectivity index (χ0v) is 22.4. The number of halogens is 2. The number of thioether (sulfide) groups is 1. The number of carbonyl (C=O) groups is 2. The summed E-state index contributed by atoms with van der Waals surface area (Å²) in [4.78, 5) is 28.0. The summed E-state index contributed by atoms with van der Waals surface area (Å²) in [7, 11) is 0. The molecule has 33 heavy (non-hydrogen) atoms. The van der Waals surface area contributed by atoms with Gasteiger partial charge in [-0.1, -0.05) is 79.4 Å². The summed E-state index contributed by atoms with van der Waals surface area (Å²) >= 11 is 13.8. The van der Waals surface area contributed by atoms with E-state index in [2.05, 4.69) is 37.4 Å². The number of hydrogen-bond donors (Lipinski definition) is 1. The van der Waals surface area contributed by atoms with E-state index in [1.807, 2.05) is 26.8 Å². The first kappa shape index (κ1) is 27.6. The number of nitrogens with zero attached hydrogens (tertiary/aromatic N) is 1. The molecule has 2 aromatic rings. The van der Waals surface area contributed by atoms with Gasteiger partial charge in [-0.15, -0.1) is 11.8 Å². The summed E-state index contributed by atoms with van der Waals surface area (Å²) in [6.07, 6.45) is 0.527. The number of amides is 2. The summed E-state index contributed by atoms with van der Waals surface area (Å²) in [6, 6.07) is 11.2. The fraction of sp³-hybridized carbons (Fsp3) is 0.462. The van der Waals surface area contributed by atoms with Gasteiger partial charge >= 0.3 is 0 Å². The first-order valence-electron chi connectivity index (χ1n) is 11.3. The van der Waals surface area contributed by atoms with E-state index in [-0.39, 0.29) is 11.8 Å². The minimum Gasteiger partial charge on any atom is -0.354 e. The molecule has 180 valence electrons. The quantitative estimate of drug-likeness (QED) is 0.380. The molecule has 2 rings (SSSR count). The third-order valence-electron chi connectivity index (χ3n) is 5.18. The molecule has 0 aliphatic heterocycles. The van der Waals surface area contributed by atoms with Crippen LogP contribution in [0, 0.1) is 19.8 Å². The topological polar surface area (TPSA) is 49.4 Å². The molecule has 0 spiro atoms. The van der Waals surface area contributed by atoms with Crippen LogP contribution in [0.15, 0.2) is 36.4 Å². The third kappa shape index (κ3) is 8.88. The lowest BCUT2D eigenvalue weighted by atomic mass is 10.1. The van der Waals surface area contributed by atoms with Gasteiger partial charge in [0.15, 0.2) is 0 Å². The Bertz CT molecular complexity index is 945. The number of carbonyl (C=O) groups excluding carboxylic acids is 2. The lowest BCUT2D eigenvalue weighted by Crippen LogP contribution is -2.50. The summed E-state index contributed by atoms with van der Waals surface area (Å²) in [5.41, 5.74) is 4.47. The van der Waals surface area contributed by atoms with E-state index in [9.17, 15) is 9.59 Å². The Morgan fingerprint density at radius 2 is 1.67 bits per heavy atom. The minimum atomic E-state index is -0.549. The van der Waals surface area contributed by atoms with E-state index in [0.717, 1.165) is 11.3 Å². The van der Waals surface area contributed by atoms with Crippen LogP contribution in [0.2, 0.25) is 10.0 Å². The number of aryl methyl sites for hydroxylation is 2. The van der Waals surface area contributed by atoms with Crippen molar-refractivity contribution in [1.82, 2.24) is 10.2 Å². The first-order chi connectivity index (χ1) is 15.6. The molecule has 2 amide bonds. The lowest BCUT2D eigenvalue weighted by molar-refractivity contribution is -0.139. The summed E-state index contributed by atoms with van der Waals surface area (Å²) in [5.74, 6) is 1.17. The van der Waals surface area contributed by atoms with Crippen LogP contribution in [-0.2, 0) is 21.9 Å². The maximum atomic E-state index is 13.3. The van der Waals surface area contributed by atoms with Crippen molar-refractivity contribution in [3.8, 4) is 0 Å². The number of nitrogens with one attached hydrogen (secondary N) is 1. The van der Waals surface area contributed by atoms with Gasteiger partial charge < -0.3 is 10.2 Å². The van der Waals surface area contributed by atoms with Crippen molar-refractivity contribution in [3.63, 3.8) is 0 Å². The van der Waals surface area contributed by atoms with E-state index >= 15 is 0 Å². The molecule has 0 heterocycles. The van der Waals surface area contributed by atoms with Crippen molar-refractivity contribution in [3.05, 3.63) is 68.7 Å². The summed E-state index contributed by atoms with van der Waals surface area (Å²) in [6.45, 7) is 11.0. The van der Waals surface area contributed by atoms with Gasteiger partial charge in [-0.3, -0.25) is 9.59 Å². The maximum Gasteiger partial charge on any atom is 0.242 e. The van der Waals surface area contributed by atoms with Gasteiger partial charge in [0.05, 0.1) is 15.8 Å². The molecule has 0 aliphatic rings. The van der Waals surface area contributed by atoms with Crippen LogP contribution in [0.25, 0.3) is 0 Å². The highest BCUT2D eigenvalue weighted by atomic mass is 35.5. The molecule has 0 aromatic heterocycles. The SMILES string of the molecule is CC[C@@H](C(=O)NCC(C)C)N(Cc1ccc(Cl)c(Cl)c1)C(=O)CSCc1cc(C)cc(C)c1. The molecule has 1 N–H and O–H groups in total. The average molecular weight is 510 g/mol. The Morgan fingerprint density at radius 3 is 2.24 bits per heavy atom. The molecule has 0 saturated heterocycles. The summed E-state index contributed by atoms with van der Waals surface area (Å²) < 4.78 is 0. The highest BCUT2D eigenvalue weighted by Crippen LogP contribution is 2.25. The second-order valence-electron chi connectivity index (χ2n) is 8.82. The molecule has 2 aromatic carbocycles. The second kappa shape index (κ2) is 13.3. The van der Waals surface area contributed by atoms with Crippen LogP contribution in [0.4, 0.5) is 0 Å². The molecule has 0 unspecified atom stereocenters. The molecule has 0 radical (unpaired) electrons. The van der Waals surface area contributed by atoms with E-state index in [1.165, 1.54) is 16.7 Å². The maximum absolute atomic E-state index is 13.3. The van der Waals surface area contributed by atoms with Crippen LogP contribution in [-0.4, -0.2) is 35.1 Å². The Hall–Kier alpha value is -1.69. The lowest BCUT2D eigenvalue weighted by Gasteiger charge is -2.31. The van der Waals surface area contributed by atoms with Gasteiger partial charge in [-0.2, -0.15) is 0 Å². The average Bonchev–Trinajstić information content (AvgIpc) is 2.73. The Morgan fingerprint density at radius 1 is 1.00 bits per heavy atom. The predicted octanol–water partition coefficient (Wildman–Crippen LogP) is 6.42. The fourth-order valence-corrected chi connectivity index (χ4v) is 4.83. The number of benzene rings is 2. The van der Waals surface area contributed by atoms with E-state index in [0.29, 0.717) is 41.2 Å². The van der Waals surface area contributed by atoms with Gasteiger partial charge in [0.2, 0.25) is 11.8 Å². The van der Waals surface area contributed by atoms with Gasteiger partial charge in [0.25, 0.3) is 0 Å². The molecule has 0 aliphatic carbocycles. The van der Waals surface area contributed by atoms with Crippen molar-refractivity contribution in [1.29, 1.82) is 0 Å². The van der Waals surface area contributed by atoms with E-state index in [1.54, 1.807) is 28.8 Å².